The van der Waals surface area contributed by atoms with Crippen molar-refractivity contribution in [2.75, 3.05) is 0 Å². The molecule has 1 aromatic carbocycles. The molecule has 1 unspecified atom stereocenters. The first-order valence-corrected chi connectivity index (χ1v) is 8.78. The molecule has 4 nitrogen and oxygen atoms in total. The van der Waals surface area contributed by atoms with E-state index in [-0.39, 0.29) is 16.7 Å². The van der Waals surface area contributed by atoms with Crippen LogP contribution in [0.5, 0.6) is 0 Å². The van der Waals surface area contributed by atoms with Crippen molar-refractivity contribution in [2.45, 2.75) is 50.1 Å². The van der Waals surface area contributed by atoms with Crippen molar-refractivity contribution in [3.05, 3.63) is 36.5 Å². The molecule has 0 fully saturated rings. The smallest absolute Gasteiger partial charge is 0.233 e. The van der Waals surface area contributed by atoms with E-state index in [1.807, 2.05) is 56.8 Å². The molecule has 0 saturated carbocycles. The first-order chi connectivity index (χ1) is 10.8. The summed E-state index contributed by atoms with van der Waals surface area (Å²) in [6, 6.07) is 10.1. The van der Waals surface area contributed by atoms with Crippen molar-refractivity contribution in [3.63, 3.8) is 0 Å². The van der Waals surface area contributed by atoms with Gasteiger partial charge in [0.05, 0.1) is 17.1 Å². The summed E-state index contributed by atoms with van der Waals surface area (Å²) >= 11 is 1.48. The minimum atomic E-state index is -0.189. The van der Waals surface area contributed by atoms with Crippen LogP contribution < -0.4 is 5.32 Å². The number of benzene rings is 1. The molecular formula is C18H25N3OS. The summed E-state index contributed by atoms with van der Waals surface area (Å²) in [4.78, 5) is 16.8. The second-order valence-electron chi connectivity index (χ2n) is 6.34. The van der Waals surface area contributed by atoms with Gasteiger partial charge in [-0.25, -0.2) is 4.98 Å². The number of hydrogen-bond acceptors (Lipinski definition) is 3. The van der Waals surface area contributed by atoms with Crippen LogP contribution in [0.4, 0.5) is 0 Å². The van der Waals surface area contributed by atoms with Gasteiger partial charge in [-0.1, -0.05) is 49.0 Å². The van der Waals surface area contributed by atoms with Crippen LogP contribution in [0.15, 0.2) is 41.7 Å². The minimum Gasteiger partial charge on any atom is -0.350 e. The molecule has 0 aliphatic carbocycles. The fourth-order valence-corrected chi connectivity index (χ4v) is 2.97. The highest BCUT2D eigenvalue weighted by Gasteiger charge is 2.23. The maximum Gasteiger partial charge on any atom is 0.233 e. The number of nitrogens with one attached hydrogen (secondary N) is 1. The Bertz CT molecular complexity index is 664. The summed E-state index contributed by atoms with van der Waals surface area (Å²) in [5.74, 6) is 0.0473. The summed E-state index contributed by atoms with van der Waals surface area (Å²) < 4.78 is 2.04. The van der Waals surface area contributed by atoms with Gasteiger partial charge >= 0.3 is 0 Å². The lowest BCUT2D eigenvalue weighted by Crippen LogP contribution is -2.46. The number of rotatable bonds is 6. The monoisotopic (exact) mass is 331 g/mol. The summed E-state index contributed by atoms with van der Waals surface area (Å²) in [6.45, 7) is 8.07. The van der Waals surface area contributed by atoms with E-state index in [9.17, 15) is 4.79 Å². The molecule has 2 rings (SSSR count). The highest BCUT2D eigenvalue weighted by molar-refractivity contribution is 8.00. The van der Waals surface area contributed by atoms with Gasteiger partial charge in [0.25, 0.3) is 0 Å². The van der Waals surface area contributed by atoms with E-state index in [0.29, 0.717) is 0 Å². The maximum absolute atomic E-state index is 12.3. The van der Waals surface area contributed by atoms with Gasteiger partial charge in [-0.05, 0) is 32.8 Å². The number of imidazole rings is 1. The van der Waals surface area contributed by atoms with Crippen LogP contribution in [-0.2, 0) is 11.8 Å². The predicted molar refractivity (Wildman–Crippen MR) is 96.5 cm³/mol. The van der Waals surface area contributed by atoms with Crippen molar-refractivity contribution in [2.24, 2.45) is 7.05 Å². The third kappa shape index (κ3) is 4.38. The molecule has 0 aliphatic heterocycles. The summed E-state index contributed by atoms with van der Waals surface area (Å²) in [5.41, 5.74) is 2.00. The molecule has 1 aromatic heterocycles. The summed E-state index contributed by atoms with van der Waals surface area (Å²) in [5, 5.41) is 3.75. The highest BCUT2D eigenvalue weighted by Crippen LogP contribution is 2.27. The van der Waals surface area contributed by atoms with E-state index in [2.05, 4.69) is 29.4 Å². The van der Waals surface area contributed by atoms with E-state index in [1.54, 1.807) is 0 Å². The highest BCUT2D eigenvalue weighted by atomic mass is 32.2. The van der Waals surface area contributed by atoms with Crippen LogP contribution in [0, 0.1) is 0 Å². The van der Waals surface area contributed by atoms with Gasteiger partial charge in [-0.2, -0.15) is 0 Å². The Morgan fingerprint density at radius 2 is 2.00 bits per heavy atom. The number of aromatic nitrogens is 2. The molecule has 1 heterocycles. The molecule has 0 spiro atoms. The Labute approximate surface area is 142 Å². The predicted octanol–water partition coefficient (Wildman–Crippen LogP) is 3.87. The Hall–Kier alpha value is -1.75. The molecule has 1 atom stereocenters. The zero-order valence-electron chi connectivity index (χ0n) is 14.5. The Morgan fingerprint density at radius 3 is 2.61 bits per heavy atom. The van der Waals surface area contributed by atoms with Gasteiger partial charge < -0.3 is 9.88 Å². The van der Waals surface area contributed by atoms with E-state index in [4.69, 9.17) is 0 Å². The number of carbonyl (C=O) groups excluding carboxylic acids is 1. The topological polar surface area (TPSA) is 46.9 Å². The van der Waals surface area contributed by atoms with Gasteiger partial charge in [-0.15, -0.1) is 0 Å². The van der Waals surface area contributed by atoms with Crippen LogP contribution >= 0.6 is 11.8 Å². The van der Waals surface area contributed by atoms with Gasteiger partial charge in [0.2, 0.25) is 5.91 Å². The summed E-state index contributed by atoms with van der Waals surface area (Å²) in [6.07, 6.45) is 2.76. The number of hydrogen-bond donors (Lipinski definition) is 1. The van der Waals surface area contributed by atoms with Crippen molar-refractivity contribution in [1.29, 1.82) is 0 Å². The normalized spacial score (nSPS) is 12.9. The minimum absolute atomic E-state index is 0.0473. The first-order valence-electron chi connectivity index (χ1n) is 7.90. The lowest BCUT2D eigenvalue weighted by Gasteiger charge is -2.26. The molecule has 23 heavy (non-hydrogen) atoms. The van der Waals surface area contributed by atoms with Crippen molar-refractivity contribution < 1.29 is 4.79 Å². The number of carbonyl (C=O) groups is 1. The fourth-order valence-electron chi connectivity index (χ4n) is 2.11. The second kappa shape index (κ2) is 7.21. The molecule has 0 aliphatic rings. The largest absolute Gasteiger partial charge is 0.350 e. The standard InChI is InChI=1S/C18H25N3OS/c1-6-18(3,4)20-16(22)13(2)23-17-19-12-15(21(17)5)14-10-8-7-9-11-14/h7-13H,6H2,1-5H3,(H,20,22). The maximum atomic E-state index is 12.3. The molecule has 1 N–H and O–H groups in total. The van der Waals surface area contributed by atoms with Crippen LogP contribution in [-0.4, -0.2) is 26.2 Å². The van der Waals surface area contributed by atoms with Gasteiger partial charge in [0.15, 0.2) is 5.16 Å². The lowest BCUT2D eigenvalue weighted by atomic mass is 10.0. The molecule has 5 heteroatoms. The van der Waals surface area contributed by atoms with E-state index in [0.717, 1.165) is 22.8 Å². The van der Waals surface area contributed by atoms with Crippen molar-refractivity contribution in [1.82, 2.24) is 14.9 Å². The zero-order chi connectivity index (χ0) is 17.0. The van der Waals surface area contributed by atoms with Crippen LogP contribution in [0.2, 0.25) is 0 Å². The molecule has 2 aromatic rings. The average Bonchev–Trinajstić information content (AvgIpc) is 2.88. The van der Waals surface area contributed by atoms with E-state index >= 15 is 0 Å². The molecule has 124 valence electrons. The van der Waals surface area contributed by atoms with Crippen LogP contribution in [0.1, 0.15) is 34.1 Å². The van der Waals surface area contributed by atoms with Gasteiger partial charge in [0.1, 0.15) is 0 Å². The molecule has 0 radical (unpaired) electrons. The molecule has 0 saturated heterocycles. The molecular weight excluding hydrogens is 306 g/mol. The Morgan fingerprint density at radius 1 is 1.35 bits per heavy atom. The third-order valence-corrected chi connectivity index (χ3v) is 5.17. The fraction of sp³-hybridized carbons (Fsp3) is 0.444. The Balaban J connectivity index is 2.09. The van der Waals surface area contributed by atoms with Crippen molar-refractivity contribution >= 4 is 17.7 Å². The Kier molecular flexibility index (Phi) is 5.52. The first kappa shape index (κ1) is 17.6. The second-order valence-corrected chi connectivity index (χ2v) is 7.65. The van der Waals surface area contributed by atoms with Gasteiger partial charge in [-0.3, -0.25) is 4.79 Å². The van der Waals surface area contributed by atoms with E-state index in [1.165, 1.54) is 11.8 Å². The molecule has 0 bridgehead atoms. The number of amides is 1. The quantitative estimate of drug-likeness (QED) is 0.817. The van der Waals surface area contributed by atoms with Crippen LogP contribution in [0.3, 0.4) is 0 Å². The third-order valence-electron chi connectivity index (χ3n) is 4.01. The van der Waals surface area contributed by atoms with Gasteiger partial charge in [0, 0.05) is 12.6 Å². The number of thioether (sulfide) groups is 1. The average molecular weight is 331 g/mol. The summed E-state index contributed by atoms with van der Waals surface area (Å²) in [7, 11) is 1.98. The molecule has 1 amide bonds. The van der Waals surface area contributed by atoms with E-state index < -0.39 is 0 Å². The number of nitrogens with zero attached hydrogens (tertiary/aromatic N) is 2. The van der Waals surface area contributed by atoms with Crippen LogP contribution in [0.25, 0.3) is 11.3 Å². The SMILES string of the molecule is CCC(C)(C)NC(=O)C(C)Sc1ncc(-c2ccccc2)n1C. The zero-order valence-corrected chi connectivity index (χ0v) is 15.3. The van der Waals surface area contributed by atoms with Crippen molar-refractivity contribution in [3.8, 4) is 11.3 Å². The lowest BCUT2D eigenvalue weighted by molar-refractivity contribution is -0.121.